The van der Waals surface area contributed by atoms with Gasteiger partial charge in [0.15, 0.2) is 5.79 Å². The molecule has 0 spiro atoms. The molecule has 1 fully saturated rings. The van der Waals surface area contributed by atoms with E-state index in [2.05, 4.69) is 6.92 Å². The Hall–Kier alpha value is 0.270. The Morgan fingerprint density at radius 3 is 2.21 bits per heavy atom. The first kappa shape index (κ1) is 17.3. The molecule has 1 saturated heterocycles. The molecule has 0 radical (unpaired) electrons. The normalized spacial score (nSPS) is 21.9. The van der Waals surface area contributed by atoms with Gasteiger partial charge in [0.1, 0.15) is 0 Å². The third-order valence-electron chi connectivity index (χ3n) is 3.51. The minimum Gasteiger partial charge on any atom is -0.348 e. The fraction of sp³-hybridized carbons (Fsp3) is 1.00. The Balaban J connectivity index is 1.79. The summed E-state index contributed by atoms with van der Waals surface area (Å²) in [5.41, 5.74) is 0. The highest BCUT2D eigenvalue weighted by Crippen LogP contribution is 2.24. The summed E-state index contributed by atoms with van der Waals surface area (Å²) in [5.74, 6) is 2.00. The van der Waals surface area contributed by atoms with Gasteiger partial charge in [0.25, 0.3) is 0 Å². The summed E-state index contributed by atoms with van der Waals surface area (Å²) in [6, 6.07) is 0. The van der Waals surface area contributed by atoms with E-state index in [9.17, 15) is 0 Å². The molecule has 0 aromatic heterocycles. The second-order valence-electron chi connectivity index (χ2n) is 6.00. The number of hydrogen-bond donors (Lipinski definition) is 0. The molecule has 19 heavy (non-hydrogen) atoms. The van der Waals surface area contributed by atoms with Crippen molar-refractivity contribution in [2.45, 2.75) is 84.0 Å². The van der Waals surface area contributed by atoms with Crippen LogP contribution in [-0.4, -0.2) is 30.0 Å². The monoisotopic (exact) mass is 288 g/mol. The summed E-state index contributed by atoms with van der Waals surface area (Å²) in [4.78, 5) is 0. The second-order valence-corrected chi connectivity index (χ2v) is 7.15. The van der Waals surface area contributed by atoms with Crippen molar-refractivity contribution in [3.05, 3.63) is 0 Å². The van der Waals surface area contributed by atoms with E-state index in [0.717, 1.165) is 12.4 Å². The fourth-order valence-corrected chi connectivity index (χ4v) is 3.40. The van der Waals surface area contributed by atoms with E-state index in [4.69, 9.17) is 9.47 Å². The van der Waals surface area contributed by atoms with Crippen LogP contribution in [0.4, 0.5) is 0 Å². The average molecular weight is 288 g/mol. The van der Waals surface area contributed by atoms with Gasteiger partial charge in [-0.2, -0.15) is 11.8 Å². The summed E-state index contributed by atoms with van der Waals surface area (Å²) in [6.07, 6.45) is 11.5. The van der Waals surface area contributed by atoms with E-state index in [0.29, 0.717) is 6.10 Å². The smallest absolute Gasteiger partial charge is 0.163 e. The highest BCUT2D eigenvalue weighted by atomic mass is 32.2. The van der Waals surface area contributed by atoms with Crippen LogP contribution in [-0.2, 0) is 9.47 Å². The van der Waals surface area contributed by atoms with Gasteiger partial charge in [0, 0.05) is 5.75 Å². The first-order chi connectivity index (χ1) is 9.14. The zero-order valence-electron chi connectivity index (χ0n) is 13.1. The van der Waals surface area contributed by atoms with Gasteiger partial charge in [-0.25, -0.2) is 0 Å². The molecule has 1 rings (SSSR count). The molecular weight excluding hydrogens is 256 g/mol. The SMILES string of the molecule is CCCCCCCCCCSCC1COC(C)(C)O1. The zero-order chi connectivity index (χ0) is 14.0. The van der Waals surface area contributed by atoms with Crippen molar-refractivity contribution in [1.29, 1.82) is 0 Å². The maximum absolute atomic E-state index is 5.79. The molecule has 0 aromatic carbocycles. The van der Waals surface area contributed by atoms with Crippen LogP contribution in [0.15, 0.2) is 0 Å². The summed E-state index contributed by atoms with van der Waals surface area (Å²) < 4.78 is 11.3. The van der Waals surface area contributed by atoms with Crippen molar-refractivity contribution in [2.24, 2.45) is 0 Å². The molecule has 2 nitrogen and oxygen atoms in total. The van der Waals surface area contributed by atoms with Gasteiger partial charge < -0.3 is 9.47 Å². The summed E-state index contributed by atoms with van der Waals surface area (Å²) in [5, 5.41) is 0. The Morgan fingerprint density at radius 2 is 1.63 bits per heavy atom. The van der Waals surface area contributed by atoms with Gasteiger partial charge in [-0.15, -0.1) is 0 Å². The number of rotatable bonds is 11. The van der Waals surface area contributed by atoms with Crippen LogP contribution in [0.5, 0.6) is 0 Å². The van der Waals surface area contributed by atoms with Gasteiger partial charge >= 0.3 is 0 Å². The Bertz CT molecular complexity index is 219. The van der Waals surface area contributed by atoms with Crippen molar-refractivity contribution in [3.63, 3.8) is 0 Å². The second kappa shape index (κ2) is 10.1. The standard InChI is InChI=1S/C16H32O2S/c1-4-5-6-7-8-9-10-11-12-19-14-15-13-17-16(2,3)18-15/h15H,4-14H2,1-3H3. The van der Waals surface area contributed by atoms with E-state index >= 15 is 0 Å². The fourth-order valence-electron chi connectivity index (χ4n) is 2.40. The van der Waals surface area contributed by atoms with Gasteiger partial charge in [0.05, 0.1) is 12.7 Å². The topological polar surface area (TPSA) is 18.5 Å². The summed E-state index contributed by atoms with van der Waals surface area (Å²) in [7, 11) is 0. The van der Waals surface area contributed by atoms with E-state index in [-0.39, 0.29) is 5.79 Å². The Morgan fingerprint density at radius 1 is 1.00 bits per heavy atom. The highest BCUT2D eigenvalue weighted by Gasteiger charge is 2.32. The van der Waals surface area contributed by atoms with Gasteiger partial charge in [-0.05, 0) is 26.0 Å². The maximum Gasteiger partial charge on any atom is 0.163 e. The molecule has 1 heterocycles. The molecule has 0 saturated carbocycles. The number of ether oxygens (including phenoxy) is 2. The molecule has 3 heteroatoms. The minimum absolute atomic E-state index is 0.300. The van der Waals surface area contributed by atoms with Crippen LogP contribution >= 0.6 is 11.8 Å². The van der Waals surface area contributed by atoms with Crippen molar-refractivity contribution >= 4 is 11.8 Å². The lowest BCUT2D eigenvalue weighted by atomic mass is 10.1. The van der Waals surface area contributed by atoms with Gasteiger partial charge in [-0.1, -0.05) is 51.9 Å². The molecule has 0 aliphatic carbocycles. The van der Waals surface area contributed by atoms with Gasteiger partial charge in [-0.3, -0.25) is 0 Å². The van der Waals surface area contributed by atoms with Crippen LogP contribution in [0, 0.1) is 0 Å². The molecule has 0 amide bonds. The number of hydrogen-bond acceptors (Lipinski definition) is 3. The van der Waals surface area contributed by atoms with E-state index < -0.39 is 0 Å². The average Bonchev–Trinajstić information content (AvgIpc) is 2.71. The first-order valence-corrected chi connectivity index (χ1v) is 9.19. The molecule has 1 atom stereocenters. The van der Waals surface area contributed by atoms with Crippen LogP contribution in [0.3, 0.4) is 0 Å². The predicted molar refractivity (Wildman–Crippen MR) is 84.8 cm³/mol. The van der Waals surface area contributed by atoms with Crippen molar-refractivity contribution in [3.8, 4) is 0 Å². The molecule has 1 aliphatic rings. The van der Waals surface area contributed by atoms with Crippen LogP contribution < -0.4 is 0 Å². The molecule has 0 aromatic rings. The van der Waals surface area contributed by atoms with Crippen LogP contribution in [0.2, 0.25) is 0 Å². The third kappa shape index (κ3) is 8.93. The Kier molecular flexibility index (Phi) is 9.17. The summed E-state index contributed by atoms with van der Waals surface area (Å²) >= 11 is 2.02. The quantitative estimate of drug-likeness (QED) is 0.498. The van der Waals surface area contributed by atoms with Crippen molar-refractivity contribution < 1.29 is 9.47 Å². The maximum atomic E-state index is 5.79. The number of thioether (sulfide) groups is 1. The minimum atomic E-state index is -0.357. The van der Waals surface area contributed by atoms with Crippen LogP contribution in [0.1, 0.15) is 72.1 Å². The summed E-state index contributed by atoms with van der Waals surface area (Å²) in [6.45, 7) is 7.03. The van der Waals surface area contributed by atoms with Crippen molar-refractivity contribution in [1.82, 2.24) is 0 Å². The first-order valence-electron chi connectivity index (χ1n) is 8.03. The lowest BCUT2D eigenvalue weighted by molar-refractivity contribution is -0.135. The molecule has 1 unspecified atom stereocenters. The highest BCUT2D eigenvalue weighted by molar-refractivity contribution is 7.99. The predicted octanol–water partition coefficient (Wildman–Crippen LogP) is 5.01. The number of unbranched alkanes of at least 4 members (excludes halogenated alkanes) is 7. The molecule has 114 valence electrons. The van der Waals surface area contributed by atoms with Gasteiger partial charge in [0.2, 0.25) is 0 Å². The Labute approximate surface area is 124 Å². The largest absolute Gasteiger partial charge is 0.348 e. The van der Waals surface area contributed by atoms with E-state index in [1.807, 2.05) is 25.6 Å². The molecule has 0 N–H and O–H groups in total. The zero-order valence-corrected chi connectivity index (χ0v) is 13.9. The molecular formula is C16H32O2S. The third-order valence-corrected chi connectivity index (χ3v) is 4.70. The van der Waals surface area contributed by atoms with E-state index in [1.165, 1.54) is 57.1 Å². The lowest BCUT2D eigenvalue weighted by Gasteiger charge is -2.16. The molecule has 1 aliphatic heterocycles. The van der Waals surface area contributed by atoms with Crippen LogP contribution in [0.25, 0.3) is 0 Å². The molecule has 0 bridgehead atoms. The van der Waals surface area contributed by atoms with Crippen molar-refractivity contribution in [2.75, 3.05) is 18.1 Å². The van der Waals surface area contributed by atoms with E-state index in [1.54, 1.807) is 0 Å². The lowest BCUT2D eigenvalue weighted by Crippen LogP contribution is -2.22.